The molecule has 20 nitrogen and oxygen atoms in total. The fraction of sp³-hybridized carbons (Fsp3) is 0.622. The van der Waals surface area contributed by atoms with E-state index in [1.54, 1.807) is 6.92 Å². The molecule has 2 heterocycles. The first-order valence-electron chi connectivity index (χ1n) is 54.0. The van der Waals surface area contributed by atoms with Gasteiger partial charge in [0.2, 0.25) is 5.91 Å². The highest BCUT2D eigenvalue weighted by Crippen LogP contribution is 2.39. The van der Waals surface area contributed by atoms with Gasteiger partial charge in [0.1, 0.15) is 12.7 Å². The predicted octanol–water partition coefficient (Wildman–Crippen LogP) is 29.7. The van der Waals surface area contributed by atoms with Crippen LogP contribution in [0.3, 0.4) is 0 Å². The lowest BCUT2D eigenvalue weighted by Crippen LogP contribution is -2.54. The Hall–Kier alpha value is -8.34. The van der Waals surface area contributed by atoms with Gasteiger partial charge in [0, 0.05) is 36.1 Å². The molecule has 139 heavy (non-hydrogen) atoms. The fourth-order valence-corrected chi connectivity index (χ4v) is 18.3. The van der Waals surface area contributed by atoms with Crippen molar-refractivity contribution in [3.05, 3.63) is 262 Å². The summed E-state index contributed by atoms with van der Waals surface area (Å²) in [6.45, 7) is 24.5. The van der Waals surface area contributed by atoms with E-state index in [1.807, 2.05) is 127 Å². The molecule has 0 saturated carbocycles. The van der Waals surface area contributed by atoms with Gasteiger partial charge in [-0.25, -0.2) is 4.79 Å². The van der Waals surface area contributed by atoms with Crippen LogP contribution in [0.5, 0.6) is 0 Å². The second-order valence-electron chi connectivity index (χ2n) is 39.1. The molecular weight excluding hydrogens is 1740 g/mol. The lowest BCUT2D eigenvalue weighted by atomic mass is 9.79. The molecule has 2 fully saturated rings. The van der Waals surface area contributed by atoms with Crippen molar-refractivity contribution in [3.8, 4) is 0 Å². The number of carbonyl (C=O) groups excluding carboxylic acids is 2. The number of nitrogens with zero attached hydrogens (tertiary/aromatic N) is 3. The molecule has 3 N–H and O–H groups in total. The first kappa shape index (κ1) is 118. The van der Waals surface area contributed by atoms with Crippen LogP contribution in [0.4, 0.5) is 4.79 Å². The minimum Gasteiger partial charge on any atom is -0.481 e. The van der Waals surface area contributed by atoms with Crippen LogP contribution in [-0.4, -0.2) is 117 Å². The summed E-state index contributed by atoms with van der Waals surface area (Å²) in [5, 5.41) is 18.4. The molecule has 2 amide bonds. The zero-order valence-corrected chi connectivity index (χ0v) is 86.6. The van der Waals surface area contributed by atoms with Crippen molar-refractivity contribution < 1.29 is 71.6 Å². The van der Waals surface area contributed by atoms with E-state index in [-0.39, 0.29) is 80.4 Å². The van der Waals surface area contributed by atoms with Crippen LogP contribution in [-0.2, 0) is 108 Å². The molecule has 4 unspecified atom stereocenters. The summed E-state index contributed by atoms with van der Waals surface area (Å²) in [4.78, 5) is 39.0. The van der Waals surface area contributed by atoms with Crippen LogP contribution in [0.25, 0.3) is 10.4 Å². The summed E-state index contributed by atoms with van der Waals surface area (Å²) in [6.07, 6.45) is 39.3. The molecule has 2 saturated heterocycles. The number of nitrogens with one attached hydrogen (secondary N) is 2. The summed E-state index contributed by atoms with van der Waals surface area (Å²) in [6, 6.07) is 70.2. The molecule has 2 aliphatic heterocycles. The minimum atomic E-state index is -0.745. The van der Waals surface area contributed by atoms with Gasteiger partial charge in [-0.15, -0.1) is 0 Å². The van der Waals surface area contributed by atoms with Gasteiger partial charge in [0.25, 0.3) is 0 Å². The highest BCUT2D eigenvalue weighted by Gasteiger charge is 2.44. The Morgan fingerprint density at radius 1 is 0.367 bits per heavy atom. The Balaban J connectivity index is 0.000000378. The van der Waals surface area contributed by atoms with Gasteiger partial charge in [-0.3, -0.25) is 9.59 Å². The van der Waals surface area contributed by atoms with E-state index in [0.29, 0.717) is 83.6 Å². The number of aliphatic carboxylic acids is 1. The van der Waals surface area contributed by atoms with E-state index in [4.69, 9.17) is 57.2 Å². The van der Waals surface area contributed by atoms with E-state index >= 15 is 0 Å². The zero-order valence-electron chi connectivity index (χ0n) is 86.6. The monoisotopic (exact) mass is 1920 g/mol. The summed E-state index contributed by atoms with van der Waals surface area (Å²) >= 11 is 0. The van der Waals surface area contributed by atoms with Gasteiger partial charge in [0.15, 0.2) is 12.6 Å². The number of unbranched alkanes of at least 4 members (excludes halogenated alkanes) is 30. The summed E-state index contributed by atoms with van der Waals surface area (Å²) in [5.41, 5.74) is 17.5. The maximum atomic E-state index is 14.3. The maximum Gasteiger partial charge on any atom is 0.407 e. The number of rotatable bonds is 73. The Morgan fingerprint density at radius 3 is 1.02 bits per heavy atom. The van der Waals surface area contributed by atoms with Crippen molar-refractivity contribution in [2.75, 3.05) is 33.0 Å². The van der Waals surface area contributed by atoms with Crippen molar-refractivity contribution in [1.29, 1.82) is 0 Å². The number of hydrogen-bond donors (Lipinski definition) is 3. The minimum absolute atomic E-state index is 0.00781. The van der Waals surface area contributed by atoms with E-state index in [2.05, 4.69) is 161 Å². The van der Waals surface area contributed by atoms with Gasteiger partial charge >= 0.3 is 12.1 Å². The second-order valence-corrected chi connectivity index (χ2v) is 39.1. The third kappa shape index (κ3) is 51.4. The smallest absolute Gasteiger partial charge is 0.407 e. The molecule has 0 spiro atoms. The van der Waals surface area contributed by atoms with Gasteiger partial charge in [0.05, 0.1) is 109 Å². The normalized spacial score (nSPS) is 19.2. The summed E-state index contributed by atoms with van der Waals surface area (Å²) < 4.78 is 72.2. The van der Waals surface area contributed by atoms with E-state index in [1.165, 1.54) is 141 Å². The third-order valence-electron chi connectivity index (χ3n) is 27.9. The van der Waals surface area contributed by atoms with E-state index < -0.39 is 42.8 Å². The Morgan fingerprint density at radius 2 is 0.669 bits per heavy atom. The molecule has 16 atom stereocenters. The number of amides is 2. The maximum absolute atomic E-state index is 14.3. The number of carboxylic acid groups (broad SMARTS) is 1. The number of benzene rings is 7. The molecule has 7 aromatic carbocycles. The Labute approximate surface area is 838 Å². The van der Waals surface area contributed by atoms with E-state index in [0.717, 1.165) is 122 Å². The summed E-state index contributed by atoms with van der Waals surface area (Å²) in [7, 11) is 0. The van der Waals surface area contributed by atoms with Crippen molar-refractivity contribution in [2.24, 2.45) is 40.6 Å². The van der Waals surface area contributed by atoms with Crippen molar-refractivity contribution in [2.45, 2.75) is 407 Å². The van der Waals surface area contributed by atoms with Crippen LogP contribution in [0.15, 0.2) is 217 Å². The average Bonchev–Trinajstić information content (AvgIpc) is 0.814. The molecule has 0 aliphatic carbocycles. The van der Waals surface area contributed by atoms with Gasteiger partial charge < -0.3 is 67.8 Å². The van der Waals surface area contributed by atoms with Crippen LogP contribution in [0.1, 0.15) is 339 Å². The van der Waals surface area contributed by atoms with Gasteiger partial charge in [-0.2, -0.15) is 0 Å². The number of hydrogen-bond acceptors (Lipinski definition) is 15. The lowest BCUT2D eigenvalue weighted by molar-refractivity contribution is -0.262. The molecular formula is C119H179N5O15. The molecule has 9 rings (SSSR count). The topological polar surface area (TPSA) is 246 Å². The Bertz CT molecular complexity index is 4190. The molecule has 20 heteroatoms. The first-order valence-corrected chi connectivity index (χ1v) is 54.0. The first-order chi connectivity index (χ1) is 68.1. The van der Waals surface area contributed by atoms with Gasteiger partial charge in [-0.05, 0) is 93.8 Å². The van der Waals surface area contributed by atoms with Crippen LogP contribution in [0.2, 0.25) is 0 Å². The molecule has 0 bridgehead atoms. The number of carbonyl (C=O) groups is 3. The Kier molecular flexibility index (Phi) is 63.8. The van der Waals surface area contributed by atoms with Crippen LogP contribution in [0, 0.1) is 35.5 Å². The molecule has 0 aromatic heterocycles. The third-order valence-corrected chi connectivity index (χ3v) is 27.9. The largest absolute Gasteiger partial charge is 0.481 e. The highest BCUT2D eigenvalue weighted by atomic mass is 16.7. The fourth-order valence-electron chi connectivity index (χ4n) is 18.3. The summed E-state index contributed by atoms with van der Waals surface area (Å²) in [5.74, 6) is 0.753. The number of alkyl carbamates (subject to hydrolysis) is 1. The van der Waals surface area contributed by atoms with Crippen LogP contribution < -0.4 is 10.6 Å². The standard InChI is InChI=1S/C68H102N2O8.C48H71N3O5.C3H6O2/c1-5-6-7-8-9-10-11-12-14-17-20-35-46-63(74-50-59-40-29-24-30-41-59)66(75-51-60-42-31-25-32-43-60)62(53-76-67-57(4)55(2)56(3)64(78-67)54-73-49-58-38-27-23-28-39-58)70-65(71)47-36-21-18-15-13-16-19-22-37-48-69-68(72)77-52-61-44-33-26-34-45-61;1-5-6-7-8-9-10-11-12-13-14-15-25-32-45(53-34-42-28-21-17-22-29-42)47(54-35-43-30-23-18-24-31-43)44(50-51-49)36-55-48-40(4)38(2)39(3)46(56-48)37-52-33-41-26-19-16-20-27-41;1-2-3(4)5/h23-34,38-45,55-57,62-64,66-67H,5-22,35-37,46-54H2,1-4H3,(H,69,72)(H,70,71);16-24,26-31,38-40,44-48H,5-15,25,32-37H2,1-4H3;2H2,1H3,(H,4,5)/t55-,56+,57?,62-,63+,64?,66-,67-;38-,39+,40?,44-,45+,46?,47-,48-;/m00./s1. The second kappa shape index (κ2) is 75.5. The predicted molar refractivity (Wildman–Crippen MR) is 561 cm³/mol. The van der Waals surface area contributed by atoms with E-state index in [9.17, 15) is 19.9 Å². The van der Waals surface area contributed by atoms with Crippen molar-refractivity contribution in [1.82, 2.24) is 10.6 Å². The van der Waals surface area contributed by atoms with Gasteiger partial charge in [-0.1, -0.05) is 479 Å². The van der Waals surface area contributed by atoms with Crippen LogP contribution >= 0.6 is 0 Å². The highest BCUT2D eigenvalue weighted by molar-refractivity contribution is 5.76. The van der Waals surface area contributed by atoms with Crippen molar-refractivity contribution >= 4 is 18.0 Å². The quantitative estimate of drug-likeness (QED) is 0.0139. The molecule has 7 aromatic rings. The van der Waals surface area contributed by atoms with Crippen molar-refractivity contribution in [3.63, 3.8) is 0 Å². The number of carboxylic acids is 1. The molecule has 2 aliphatic rings. The molecule has 0 radical (unpaired) electrons. The molecule has 770 valence electrons. The lowest BCUT2D eigenvalue weighted by Gasteiger charge is -2.44. The number of ether oxygens (including phenoxy) is 11. The number of azide groups is 1. The zero-order chi connectivity index (χ0) is 99.0. The average molecular weight is 1920 g/mol. The SMILES string of the molecule is CCC(=O)O.CCCCCCCCCCCCCC[C@@H](OCc1ccccc1)[C@@H](OCc1ccccc1)[C@H](CO[C@H]1OC(COCc2ccccc2)[C@H](C)[C@H](C)C1C)N=[N+]=[N-].CCCCCCCCCCCCCC[C@@H](OCc1ccccc1)[C@@H](OCc1ccccc1)[C@H](CO[C@H]1OC(COCc2ccccc2)[C@H](C)[C@H](C)C1C)NC(=O)CCCCCCCCCCCNC(=O)OCc1ccccc1.